The minimum atomic E-state index is -0.205. The highest BCUT2D eigenvalue weighted by Crippen LogP contribution is 2.21. The van der Waals surface area contributed by atoms with E-state index in [1.165, 1.54) is 6.07 Å². The van der Waals surface area contributed by atoms with Gasteiger partial charge in [0.2, 0.25) is 5.91 Å². The maximum Gasteiger partial charge on any atom is 0.222 e. The Morgan fingerprint density at radius 2 is 1.96 bits per heavy atom. The van der Waals surface area contributed by atoms with Gasteiger partial charge in [-0.05, 0) is 50.3 Å². The van der Waals surface area contributed by atoms with Crippen LogP contribution in [0.2, 0.25) is 0 Å². The van der Waals surface area contributed by atoms with Crippen LogP contribution in [0.3, 0.4) is 0 Å². The second-order valence-corrected chi connectivity index (χ2v) is 7.32. The summed E-state index contributed by atoms with van der Waals surface area (Å²) in [5, 5.41) is 0. The van der Waals surface area contributed by atoms with Crippen molar-refractivity contribution >= 4 is 11.7 Å². The quantitative estimate of drug-likeness (QED) is 0.810. The van der Waals surface area contributed by atoms with Gasteiger partial charge < -0.3 is 9.80 Å². The van der Waals surface area contributed by atoms with Gasteiger partial charge in [0, 0.05) is 44.4 Å². The highest BCUT2D eigenvalue weighted by Gasteiger charge is 2.25. The molecule has 0 atom stereocenters. The normalized spacial score (nSPS) is 15.0. The average molecular weight is 370 g/mol. The Morgan fingerprint density at radius 1 is 1.22 bits per heavy atom. The van der Waals surface area contributed by atoms with Crippen molar-refractivity contribution in [2.24, 2.45) is 0 Å². The lowest BCUT2D eigenvalue weighted by atomic mass is 10.0. The summed E-state index contributed by atoms with van der Waals surface area (Å²) in [5.41, 5.74) is 2.46. The van der Waals surface area contributed by atoms with Crippen LogP contribution >= 0.6 is 0 Å². The van der Waals surface area contributed by atoms with E-state index in [0.29, 0.717) is 24.4 Å². The molecular weight excluding hydrogens is 343 g/mol. The van der Waals surface area contributed by atoms with Crippen LogP contribution in [0.15, 0.2) is 30.6 Å². The highest BCUT2D eigenvalue weighted by atomic mass is 19.1. The van der Waals surface area contributed by atoms with Crippen molar-refractivity contribution in [2.75, 3.05) is 25.0 Å². The minimum absolute atomic E-state index is 0.148. The monoisotopic (exact) mass is 370 g/mol. The smallest absolute Gasteiger partial charge is 0.222 e. The standard InChI is InChI=1S/C21H27FN4O/c1-15-4-5-17(13-19(15)22)6-7-21(27)26-10-8-18(9-11-26)25(3)20-12-16(2)23-14-24-20/h4-5,12-14,18H,6-11H2,1-3H3. The van der Waals surface area contributed by atoms with E-state index in [2.05, 4.69) is 21.9 Å². The fraction of sp³-hybridized carbons (Fsp3) is 0.476. The number of piperidine rings is 1. The van der Waals surface area contributed by atoms with Crippen molar-refractivity contribution in [3.8, 4) is 0 Å². The van der Waals surface area contributed by atoms with Gasteiger partial charge in [-0.15, -0.1) is 0 Å². The highest BCUT2D eigenvalue weighted by molar-refractivity contribution is 5.76. The molecule has 0 saturated carbocycles. The van der Waals surface area contributed by atoms with Crippen LogP contribution in [0, 0.1) is 19.7 Å². The lowest BCUT2D eigenvalue weighted by Gasteiger charge is -2.37. The number of nitrogens with zero attached hydrogens (tertiary/aromatic N) is 4. The van der Waals surface area contributed by atoms with Crippen molar-refractivity contribution in [2.45, 2.75) is 45.6 Å². The van der Waals surface area contributed by atoms with Crippen LogP contribution in [-0.4, -0.2) is 47.0 Å². The molecule has 27 heavy (non-hydrogen) atoms. The zero-order valence-electron chi connectivity index (χ0n) is 16.3. The number of carbonyl (C=O) groups excluding carboxylic acids is 1. The molecule has 1 aliphatic rings. The van der Waals surface area contributed by atoms with Gasteiger partial charge >= 0.3 is 0 Å². The van der Waals surface area contributed by atoms with Gasteiger partial charge in [-0.25, -0.2) is 14.4 Å². The predicted octanol–water partition coefficient (Wildman–Crippen LogP) is 3.29. The largest absolute Gasteiger partial charge is 0.356 e. The number of hydrogen-bond acceptors (Lipinski definition) is 4. The lowest BCUT2D eigenvalue weighted by molar-refractivity contribution is -0.132. The van der Waals surface area contributed by atoms with Crippen LogP contribution < -0.4 is 4.90 Å². The summed E-state index contributed by atoms with van der Waals surface area (Å²) in [4.78, 5) is 25.1. The van der Waals surface area contributed by atoms with Crippen molar-refractivity contribution in [3.05, 3.63) is 53.2 Å². The van der Waals surface area contributed by atoms with Gasteiger partial charge in [-0.2, -0.15) is 0 Å². The number of halogens is 1. The summed E-state index contributed by atoms with van der Waals surface area (Å²) in [5.74, 6) is 0.868. The molecule has 2 heterocycles. The summed E-state index contributed by atoms with van der Waals surface area (Å²) >= 11 is 0. The van der Waals surface area contributed by atoms with Gasteiger partial charge in [0.25, 0.3) is 0 Å². The Kier molecular flexibility index (Phi) is 6.04. The molecule has 2 aromatic rings. The summed E-state index contributed by atoms with van der Waals surface area (Å²) < 4.78 is 13.6. The van der Waals surface area contributed by atoms with E-state index in [-0.39, 0.29) is 11.7 Å². The van der Waals surface area contributed by atoms with E-state index >= 15 is 0 Å². The number of anilines is 1. The molecule has 1 fully saturated rings. The Balaban J connectivity index is 1.49. The first kappa shape index (κ1) is 19.3. The second kappa shape index (κ2) is 8.46. The van der Waals surface area contributed by atoms with Gasteiger partial charge in [0.15, 0.2) is 0 Å². The molecular formula is C21H27FN4O. The number of hydrogen-bond donors (Lipinski definition) is 0. The minimum Gasteiger partial charge on any atom is -0.356 e. The van der Waals surface area contributed by atoms with Crippen molar-refractivity contribution < 1.29 is 9.18 Å². The number of rotatable bonds is 5. The fourth-order valence-corrected chi connectivity index (χ4v) is 3.52. The first-order valence-electron chi connectivity index (χ1n) is 9.48. The molecule has 1 aromatic carbocycles. The molecule has 0 aliphatic carbocycles. The molecule has 0 radical (unpaired) electrons. The van der Waals surface area contributed by atoms with E-state index in [1.54, 1.807) is 19.3 Å². The molecule has 0 spiro atoms. The summed E-state index contributed by atoms with van der Waals surface area (Å²) in [7, 11) is 2.05. The van der Waals surface area contributed by atoms with E-state index in [9.17, 15) is 9.18 Å². The lowest BCUT2D eigenvalue weighted by Crippen LogP contribution is -2.46. The molecule has 1 saturated heterocycles. The van der Waals surface area contributed by atoms with Crippen molar-refractivity contribution in [1.82, 2.24) is 14.9 Å². The third kappa shape index (κ3) is 4.81. The Morgan fingerprint density at radius 3 is 2.63 bits per heavy atom. The van der Waals surface area contributed by atoms with Crippen LogP contribution in [0.4, 0.5) is 10.2 Å². The van der Waals surface area contributed by atoms with Gasteiger partial charge in [0.1, 0.15) is 18.0 Å². The zero-order chi connectivity index (χ0) is 19.4. The molecule has 5 nitrogen and oxygen atoms in total. The van der Waals surface area contributed by atoms with E-state index in [1.807, 2.05) is 24.0 Å². The van der Waals surface area contributed by atoms with Gasteiger partial charge in [-0.3, -0.25) is 4.79 Å². The number of carbonyl (C=O) groups is 1. The van der Waals surface area contributed by atoms with Crippen LogP contribution in [-0.2, 0) is 11.2 Å². The topological polar surface area (TPSA) is 49.3 Å². The zero-order valence-corrected chi connectivity index (χ0v) is 16.3. The van der Waals surface area contributed by atoms with E-state index in [0.717, 1.165) is 43.0 Å². The third-order valence-electron chi connectivity index (χ3n) is 5.38. The molecule has 1 aromatic heterocycles. The fourth-order valence-electron chi connectivity index (χ4n) is 3.52. The number of likely N-dealkylation sites (tertiary alicyclic amines) is 1. The number of amides is 1. The first-order chi connectivity index (χ1) is 12.9. The summed E-state index contributed by atoms with van der Waals surface area (Å²) in [6.45, 7) is 5.20. The van der Waals surface area contributed by atoms with Crippen LogP contribution in [0.5, 0.6) is 0 Å². The predicted molar refractivity (Wildman–Crippen MR) is 104 cm³/mol. The maximum absolute atomic E-state index is 13.6. The molecule has 0 unspecified atom stereocenters. The molecule has 1 amide bonds. The molecule has 1 aliphatic heterocycles. The van der Waals surface area contributed by atoms with E-state index in [4.69, 9.17) is 0 Å². The second-order valence-electron chi connectivity index (χ2n) is 7.32. The maximum atomic E-state index is 13.6. The molecule has 0 bridgehead atoms. The number of aryl methyl sites for hydroxylation is 3. The van der Waals surface area contributed by atoms with Gasteiger partial charge in [0.05, 0.1) is 0 Å². The van der Waals surface area contributed by atoms with Crippen molar-refractivity contribution in [1.29, 1.82) is 0 Å². The molecule has 144 valence electrons. The average Bonchev–Trinajstić information content (AvgIpc) is 2.68. The summed E-state index contributed by atoms with van der Waals surface area (Å²) in [6, 6.07) is 7.56. The Hall–Kier alpha value is -2.50. The van der Waals surface area contributed by atoms with Gasteiger partial charge in [-0.1, -0.05) is 12.1 Å². The third-order valence-corrected chi connectivity index (χ3v) is 5.38. The van der Waals surface area contributed by atoms with Crippen molar-refractivity contribution in [3.63, 3.8) is 0 Å². The van der Waals surface area contributed by atoms with Crippen LogP contribution in [0.1, 0.15) is 36.1 Å². The number of aromatic nitrogens is 2. The number of benzene rings is 1. The van der Waals surface area contributed by atoms with E-state index < -0.39 is 0 Å². The molecule has 6 heteroatoms. The summed E-state index contributed by atoms with van der Waals surface area (Å²) in [6.07, 6.45) is 4.44. The molecule has 3 rings (SSSR count). The SMILES string of the molecule is Cc1cc(N(C)C2CCN(C(=O)CCc3ccc(C)c(F)c3)CC2)ncn1. The Labute approximate surface area is 160 Å². The first-order valence-corrected chi connectivity index (χ1v) is 9.48. The molecule has 0 N–H and O–H groups in total. The van der Waals surface area contributed by atoms with Crippen LogP contribution in [0.25, 0.3) is 0 Å². The Bertz CT molecular complexity index is 803.